The molecule has 0 fully saturated rings. The van der Waals surface area contributed by atoms with Gasteiger partial charge in [-0.05, 0) is 30.5 Å². The Morgan fingerprint density at radius 3 is 2.55 bits per heavy atom. The molecule has 1 aromatic carbocycles. The van der Waals surface area contributed by atoms with Crippen LogP contribution >= 0.6 is 0 Å². The highest BCUT2D eigenvalue weighted by molar-refractivity contribution is 5.34. The van der Waals surface area contributed by atoms with Gasteiger partial charge in [-0.25, -0.2) is 4.98 Å². The molecule has 0 spiro atoms. The highest BCUT2D eigenvalue weighted by Crippen LogP contribution is 2.24. The highest BCUT2D eigenvalue weighted by atomic mass is 19.1. The fraction of sp³-hybridized carbons (Fsp3) is 0.333. The summed E-state index contributed by atoms with van der Waals surface area (Å²) in [7, 11) is 0. The van der Waals surface area contributed by atoms with Crippen LogP contribution in [0.3, 0.4) is 0 Å². The Morgan fingerprint density at radius 2 is 1.95 bits per heavy atom. The average Bonchev–Trinajstić information content (AvgIpc) is 2.43. The van der Waals surface area contributed by atoms with Gasteiger partial charge in [0.2, 0.25) is 11.8 Å². The van der Waals surface area contributed by atoms with Gasteiger partial charge in [0, 0.05) is 6.54 Å². The van der Waals surface area contributed by atoms with Crippen molar-refractivity contribution in [2.45, 2.75) is 26.7 Å². The second-order valence-corrected chi connectivity index (χ2v) is 4.70. The lowest BCUT2D eigenvalue weighted by atomic mass is 10.0. The van der Waals surface area contributed by atoms with Crippen molar-refractivity contribution >= 4 is 5.95 Å². The van der Waals surface area contributed by atoms with Gasteiger partial charge in [0.05, 0.1) is 6.20 Å². The molecule has 0 radical (unpaired) electrons. The summed E-state index contributed by atoms with van der Waals surface area (Å²) in [5.74, 6) is 0.685. The van der Waals surface area contributed by atoms with Crippen LogP contribution in [0.25, 0.3) is 0 Å². The number of anilines is 1. The number of nitrogens with one attached hydrogen (secondary N) is 1. The summed E-state index contributed by atoms with van der Waals surface area (Å²) in [5.41, 5.74) is 1.20. The third kappa shape index (κ3) is 3.44. The lowest BCUT2D eigenvalue weighted by Gasteiger charge is -2.09. The smallest absolute Gasteiger partial charge is 0.260 e. The topological polar surface area (TPSA) is 47.0 Å². The predicted molar refractivity (Wildman–Crippen MR) is 76.8 cm³/mol. The maximum Gasteiger partial charge on any atom is 0.260 e. The number of aromatic nitrogens is 2. The highest BCUT2D eigenvalue weighted by Gasteiger charge is 2.09. The second-order valence-electron chi connectivity index (χ2n) is 4.70. The van der Waals surface area contributed by atoms with E-state index in [9.17, 15) is 4.39 Å². The Hall–Kier alpha value is -2.17. The van der Waals surface area contributed by atoms with Crippen molar-refractivity contribution in [3.63, 3.8) is 0 Å². The number of halogens is 1. The maximum absolute atomic E-state index is 13.6. The van der Waals surface area contributed by atoms with Crippen LogP contribution in [0.2, 0.25) is 0 Å². The van der Waals surface area contributed by atoms with Gasteiger partial charge in [-0.15, -0.1) is 0 Å². The predicted octanol–water partition coefficient (Wildman–Crippen LogP) is 3.96. The largest absolute Gasteiger partial charge is 0.436 e. The van der Waals surface area contributed by atoms with E-state index in [1.54, 1.807) is 0 Å². The van der Waals surface area contributed by atoms with Crippen molar-refractivity contribution in [2.75, 3.05) is 11.9 Å². The molecule has 0 bridgehead atoms. The van der Waals surface area contributed by atoms with E-state index < -0.39 is 5.82 Å². The molecule has 4 nitrogen and oxygen atoms in total. The number of ether oxygens (including phenoxy) is 1. The van der Waals surface area contributed by atoms with E-state index in [0.717, 1.165) is 6.20 Å². The normalized spacial score (nSPS) is 10.7. The van der Waals surface area contributed by atoms with Crippen molar-refractivity contribution < 1.29 is 9.13 Å². The molecule has 106 valence electrons. The van der Waals surface area contributed by atoms with Crippen LogP contribution in [0.1, 0.15) is 32.3 Å². The summed E-state index contributed by atoms with van der Waals surface area (Å²) in [6.07, 6.45) is 1.10. The zero-order chi connectivity index (χ0) is 14.5. The molecule has 1 N–H and O–H groups in total. The Kier molecular flexibility index (Phi) is 4.50. The number of benzene rings is 1. The Balaban J connectivity index is 2.18. The van der Waals surface area contributed by atoms with E-state index in [1.807, 2.05) is 31.2 Å². The van der Waals surface area contributed by atoms with Gasteiger partial charge in [-0.2, -0.15) is 9.37 Å². The van der Waals surface area contributed by atoms with Crippen LogP contribution in [-0.4, -0.2) is 16.5 Å². The van der Waals surface area contributed by atoms with Gasteiger partial charge in [0.1, 0.15) is 5.75 Å². The monoisotopic (exact) mass is 275 g/mol. The first-order valence-corrected chi connectivity index (χ1v) is 6.64. The molecule has 0 unspecified atom stereocenters. The standard InChI is InChI=1S/C15H18FN3O/c1-4-17-15-18-9-13(16)14(19-15)20-12-7-5-11(6-8-12)10(2)3/h5-10H,4H2,1-3H3,(H,17,18,19). The van der Waals surface area contributed by atoms with Crippen LogP contribution in [0.15, 0.2) is 30.5 Å². The fourth-order valence-corrected chi connectivity index (χ4v) is 1.70. The molecule has 2 aromatic rings. The van der Waals surface area contributed by atoms with Gasteiger partial charge in [0.25, 0.3) is 5.88 Å². The van der Waals surface area contributed by atoms with E-state index in [2.05, 4.69) is 29.1 Å². The van der Waals surface area contributed by atoms with E-state index in [1.165, 1.54) is 5.56 Å². The maximum atomic E-state index is 13.6. The van der Waals surface area contributed by atoms with E-state index in [-0.39, 0.29) is 5.88 Å². The molecule has 0 aliphatic heterocycles. The van der Waals surface area contributed by atoms with Gasteiger partial charge >= 0.3 is 0 Å². The summed E-state index contributed by atoms with van der Waals surface area (Å²) in [6, 6.07) is 7.54. The molecule has 0 aliphatic carbocycles. The van der Waals surface area contributed by atoms with Crippen molar-refractivity contribution in [3.8, 4) is 11.6 Å². The minimum atomic E-state index is -0.584. The summed E-state index contributed by atoms with van der Waals surface area (Å²) in [6.45, 7) is 6.80. The zero-order valence-corrected chi connectivity index (χ0v) is 11.9. The third-order valence-electron chi connectivity index (χ3n) is 2.81. The van der Waals surface area contributed by atoms with Gasteiger partial charge in [-0.3, -0.25) is 0 Å². The molecule has 0 amide bonds. The summed E-state index contributed by atoms with van der Waals surface area (Å²) >= 11 is 0. The number of nitrogens with zero attached hydrogens (tertiary/aromatic N) is 2. The molecule has 2 rings (SSSR count). The van der Waals surface area contributed by atoms with Crippen LogP contribution in [0, 0.1) is 5.82 Å². The van der Waals surface area contributed by atoms with E-state index in [0.29, 0.717) is 24.2 Å². The lowest BCUT2D eigenvalue weighted by Crippen LogP contribution is -2.04. The summed E-state index contributed by atoms with van der Waals surface area (Å²) < 4.78 is 19.1. The molecule has 0 atom stereocenters. The molecular formula is C15H18FN3O. The lowest BCUT2D eigenvalue weighted by molar-refractivity contribution is 0.420. The number of hydrogen-bond acceptors (Lipinski definition) is 4. The molecule has 0 aliphatic rings. The van der Waals surface area contributed by atoms with E-state index >= 15 is 0 Å². The zero-order valence-electron chi connectivity index (χ0n) is 11.9. The van der Waals surface area contributed by atoms with Crippen LogP contribution in [0.4, 0.5) is 10.3 Å². The van der Waals surface area contributed by atoms with Crippen molar-refractivity contribution in [1.29, 1.82) is 0 Å². The van der Waals surface area contributed by atoms with Gasteiger partial charge in [-0.1, -0.05) is 26.0 Å². The molecular weight excluding hydrogens is 257 g/mol. The quantitative estimate of drug-likeness (QED) is 0.897. The van der Waals surface area contributed by atoms with Crippen LogP contribution in [-0.2, 0) is 0 Å². The van der Waals surface area contributed by atoms with Crippen molar-refractivity contribution in [1.82, 2.24) is 9.97 Å². The first-order valence-electron chi connectivity index (χ1n) is 6.64. The van der Waals surface area contributed by atoms with Crippen molar-refractivity contribution in [2.24, 2.45) is 0 Å². The van der Waals surface area contributed by atoms with Gasteiger partial charge < -0.3 is 10.1 Å². The minimum Gasteiger partial charge on any atom is -0.436 e. The first-order chi connectivity index (χ1) is 9.60. The summed E-state index contributed by atoms with van der Waals surface area (Å²) in [5, 5.41) is 2.92. The van der Waals surface area contributed by atoms with Crippen LogP contribution < -0.4 is 10.1 Å². The molecule has 1 aromatic heterocycles. The Bertz CT molecular complexity index is 570. The van der Waals surface area contributed by atoms with Crippen LogP contribution in [0.5, 0.6) is 11.6 Å². The SMILES string of the molecule is CCNc1ncc(F)c(Oc2ccc(C(C)C)cc2)n1. The molecule has 0 saturated heterocycles. The minimum absolute atomic E-state index is 0.0757. The molecule has 1 heterocycles. The molecule has 5 heteroatoms. The fourth-order valence-electron chi connectivity index (χ4n) is 1.70. The first kappa shape index (κ1) is 14.2. The van der Waals surface area contributed by atoms with Crippen molar-refractivity contribution in [3.05, 3.63) is 41.8 Å². The number of rotatable bonds is 5. The Labute approximate surface area is 118 Å². The van der Waals surface area contributed by atoms with Gasteiger partial charge in [0.15, 0.2) is 0 Å². The van der Waals surface area contributed by atoms with E-state index in [4.69, 9.17) is 4.74 Å². The Morgan fingerprint density at radius 1 is 1.25 bits per heavy atom. The summed E-state index contributed by atoms with van der Waals surface area (Å²) in [4.78, 5) is 7.83. The second kappa shape index (κ2) is 6.32. The average molecular weight is 275 g/mol. The number of hydrogen-bond donors (Lipinski definition) is 1. The molecule has 20 heavy (non-hydrogen) atoms. The third-order valence-corrected chi connectivity index (χ3v) is 2.81. The molecule has 0 saturated carbocycles.